The van der Waals surface area contributed by atoms with Crippen LogP contribution in [0.3, 0.4) is 0 Å². The molecule has 0 unspecified atom stereocenters. The Labute approximate surface area is 211 Å². The maximum atomic E-state index is 12.5. The van der Waals surface area contributed by atoms with Crippen LogP contribution >= 0.6 is 0 Å². The van der Waals surface area contributed by atoms with Crippen LogP contribution in [0.15, 0.2) is 60.9 Å². The van der Waals surface area contributed by atoms with Crippen molar-refractivity contribution in [2.24, 2.45) is 0 Å². The van der Waals surface area contributed by atoms with Crippen molar-refractivity contribution in [2.75, 3.05) is 10.6 Å². The van der Waals surface area contributed by atoms with E-state index >= 15 is 0 Å². The number of nitrogens with one attached hydrogen (secondary N) is 4. The number of ether oxygens (including phenoxy) is 2. The van der Waals surface area contributed by atoms with Crippen LogP contribution in [0.1, 0.15) is 24.0 Å². The summed E-state index contributed by atoms with van der Waals surface area (Å²) in [5.74, 6) is -1.27. The fraction of sp³-hybridized carbons (Fsp3) is 0.240. The number of hydrogen-bond donors (Lipinski definition) is 5. The number of rotatable bonds is 10. The van der Waals surface area contributed by atoms with Gasteiger partial charge in [0.1, 0.15) is 18.4 Å². The van der Waals surface area contributed by atoms with E-state index in [0.717, 1.165) is 5.56 Å². The van der Waals surface area contributed by atoms with Gasteiger partial charge in [0.15, 0.2) is 6.10 Å². The van der Waals surface area contributed by atoms with Crippen molar-refractivity contribution in [3.05, 3.63) is 72.1 Å². The lowest BCUT2D eigenvalue weighted by Crippen LogP contribution is -2.42. The van der Waals surface area contributed by atoms with E-state index in [1.54, 1.807) is 48.7 Å². The van der Waals surface area contributed by atoms with Gasteiger partial charge in [-0.05, 0) is 23.3 Å². The Balaban J connectivity index is 1.31. The Morgan fingerprint density at radius 3 is 2.68 bits per heavy atom. The molecule has 2 heterocycles. The molecule has 1 aromatic heterocycles. The Hall–Kier alpha value is -4.87. The number of carboxylic acid groups (broad SMARTS) is 1. The zero-order valence-corrected chi connectivity index (χ0v) is 19.6. The topological polar surface area (TPSA) is 172 Å². The molecule has 12 heteroatoms. The number of alkyl carbamates (subject to hydrolysis) is 1. The SMILES string of the molecule is O=C(CC[C@H]1Oc2ccc(C[C@H](NC(=O)OCc3ccccc3)C(=O)O)cc2NC1=O)Nc1ncc[nH]1. The van der Waals surface area contributed by atoms with Crippen molar-refractivity contribution in [3.63, 3.8) is 0 Å². The summed E-state index contributed by atoms with van der Waals surface area (Å²) >= 11 is 0. The molecule has 0 bridgehead atoms. The van der Waals surface area contributed by atoms with E-state index in [2.05, 4.69) is 25.9 Å². The molecule has 0 saturated carbocycles. The van der Waals surface area contributed by atoms with E-state index in [4.69, 9.17) is 9.47 Å². The number of aromatic nitrogens is 2. The smallest absolute Gasteiger partial charge is 0.408 e. The Morgan fingerprint density at radius 1 is 1.14 bits per heavy atom. The number of H-pyrrole nitrogens is 1. The summed E-state index contributed by atoms with van der Waals surface area (Å²) in [7, 11) is 0. The summed E-state index contributed by atoms with van der Waals surface area (Å²) in [6.45, 7) is 0.00685. The summed E-state index contributed by atoms with van der Waals surface area (Å²) < 4.78 is 10.9. The van der Waals surface area contributed by atoms with Crippen molar-refractivity contribution >= 4 is 35.5 Å². The summed E-state index contributed by atoms with van der Waals surface area (Å²) in [6, 6.07) is 12.6. The predicted molar refractivity (Wildman–Crippen MR) is 131 cm³/mol. The van der Waals surface area contributed by atoms with Crippen molar-refractivity contribution in [2.45, 2.75) is 38.0 Å². The highest BCUT2D eigenvalue weighted by atomic mass is 16.5. The highest BCUT2D eigenvalue weighted by Crippen LogP contribution is 2.32. The van der Waals surface area contributed by atoms with Gasteiger partial charge >= 0.3 is 12.1 Å². The maximum absolute atomic E-state index is 12.5. The number of fused-ring (bicyclic) bond motifs is 1. The number of imidazole rings is 1. The monoisotopic (exact) mass is 507 g/mol. The molecule has 4 rings (SSSR count). The minimum Gasteiger partial charge on any atom is -0.480 e. The highest BCUT2D eigenvalue weighted by molar-refractivity contribution is 5.98. The molecule has 3 amide bonds. The molecule has 1 aliphatic heterocycles. The molecular formula is C25H25N5O7. The third kappa shape index (κ3) is 7.07. The number of amides is 3. The van der Waals surface area contributed by atoms with Crippen LogP contribution in [0.25, 0.3) is 0 Å². The number of hydrogen-bond acceptors (Lipinski definition) is 7. The van der Waals surface area contributed by atoms with E-state index in [0.29, 0.717) is 22.9 Å². The second kappa shape index (κ2) is 11.7. The molecule has 5 N–H and O–H groups in total. The van der Waals surface area contributed by atoms with E-state index in [1.807, 2.05) is 6.07 Å². The number of benzene rings is 2. The molecule has 1 aliphatic rings. The van der Waals surface area contributed by atoms with Gasteiger partial charge in [0.2, 0.25) is 11.9 Å². The van der Waals surface area contributed by atoms with Crippen LogP contribution < -0.4 is 20.7 Å². The van der Waals surface area contributed by atoms with E-state index in [1.165, 1.54) is 6.20 Å². The number of nitrogens with zero attached hydrogens (tertiary/aromatic N) is 1. The molecule has 2 atom stereocenters. The lowest BCUT2D eigenvalue weighted by Gasteiger charge is -2.26. The van der Waals surface area contributed by atoms with Crippen LogP contribution in [0, 0.1) is 0 Å². The first-order valence-electron chi connectivity index (χ1n) is 11.5. The van der Waals surface area contributed by atoms with Gasteiger partial charge < -0.3 is 30.2 Å². The fourth-order valence-electron chi connectivity index (χ4n) is 3.65. The second-order valence-electron chi connectivity index (χ2n) is 8.25. The third-order valence-corrected chi connectivity index (χ3v) is 5.50. The van der Waals surface area contributed by atoms with Gasteiger partial charge in [-0.2, -0.15) is 0 Å². The maximum Gasteiger partial charge on any atom is 0.408 e. The zero-order valence-electron chi connectivity index (χ0n) is 19.6. The normalized spacial score (nSPS) is 14.9. The van der Waals surface area contributed by atoms with Crippen LogP contribution in [0.2, 0.25) is 0 Å². The minimum absolute atomic E-state index is 0.00685. The molecule has 0 fully saturated rings. The number of anilines is 2. The molecule has 192 valence electrons. The van der Waals surface area contributed by atoms with Crippen molar-refractivity contribution in [3.8, 4) is 5.75 Å². The quantitative estimate of drug-likeness (QED) is 0.278. The first-order valence-corrected chi connectivity index (χ1v) is 11.5. The van der Waals surface area contributed by atoms with Crippen molar-refractivity contribution in [1.82, 2.24) is 15.3 Å². The minimum atomic E-state index is -1.25. The van der Waals surface area contributed by atoms with E-state index in [9.17, 15) is 24.3 Å². The van der Waals surface area contributed by atoms with Crippen LogP contribution in [0.4, 0.5) is 16.4 Å². The highest BCUT2D eigenvalue weighted by Gasteiger charge is 2.29. The summed E-state index contributed by atoms with van der Waals surface area (Å²) in [4.78, 5) is 55.1. The number of carbonyl (C=O) groups is 4. The Kier molecular flexibility index (Phi) is 7.98. The average molecular weight is 508 g/mol. The number of aromatic amines is 1. The third-order valence-electron chi connectivity index (χ3n) is 5.50. The average Bonchev–Trinajstić information content (AvgIpc) is 3.39. The summed E-state index contributed by atoms with van der Waals surface area (Å²) in [6.07, 6.45) is 1.50. The molecule has 2 aromatic carbocycles. The molecule has 0 aliphatic carbocycles. The molecule has 0 spiro atoms. The van der Waals surface area contributed by atoms with Gasteiger partial charge in [0, 0.05) is 31.7 Å². The van der Waals surface area contributed by atoms with Gasteiger partial charge in [-0.1, -0.05) is 36.4 Å². The van der Waals surface area contributed by atoms with E-state index in [-0.39, 0.29) is 31.8 Å². The first-order chi connectivity index (χ1) is 17.9. The zero-order chi connectivity index (χ0) is 26.2. The predicted octanol–water partition coefficient (Wildman–Crippen LogP) is 2.45. The van der Waals surface area contributed by atoms with Crippen molar-refractivity contribution < 1.29 is 33.8 Å². The molecule has 0 saturated heterocycles. The fourth-order valence-corrected chi connectivity index (χ4v) is 3.65. The van der Waals surface area contributed by atoms with Crippen molar-refractivity contribution in [1.29, 1.82) is 0 Å². The molecule has 12 nitrogen and oxygen atoms in total. The van der Waals surface area contributed by atoms with Gasteiger partial charge in [0.05, 0.1) is 5.69 Å². The molecule has 3 aromatic rings. The van der Waals surface area contributed by atoms with Gasteiger partial charge in [-0.3, -0.25) is 14.9 Å². The largest absolute Gasteiger partial charge is 0.480 e. The Morgan fingerprint density at radius 2 is 1.95 bits per heavy atom. The lowest BCUT2D eigenvalue weighted by molar-refractivity contribution is -0.139. The Bertz CT molecular complexity index is 1260. The van der Waals surface area contributed by atoms with Gasteiger partial charge in [-0.25, -0.2) is 14.6 Å². The number of carboxylic acids is 1. The number of aliphatic carboxylic acids is 1. The second-order valence-corrected chi connectivity index (χ2v) is 8.25. The van der Waals surface area contributed by atoms with Gasteiger partial charge in [0.25, 0.3) is 5.91 Å². The summed E-state index contributed by atoms with van der Waals surface area (Å²) in [5, 5.41) is 17.2. The van der Waals surface area contributed by atoms with Crippen LogP contribution in [-0.4, -0.2) is 51.1 Å². The standard InChI is InChI=1S/C25H25N5O7/c31-21(30-24-26-10-11-27-24)9-8-20-22(32)28-17-12-16(6-7-19(17)37-20)13-18(23(33)34)29-25(35)36-14-15-4-2-1-3-5-15/h1-7,10-12,18,20H,8-9,13-14H2,(H,28,32)(H,29,35)(H,33,34)(H2,26,27,30,31)/t18-,20+/m0/s1. The van der Waals surface area contributed by atoms with Crippen LogP contribution in [0.5, 0.6) is 5.75 Å². The summed E-state index contributed by atoms with van der Waals surface area (Å²) in [5.41, 5.74) is 1.69. The molecule has 37 heavy (non-hydrogen) atoms. The van der Waals surface area contributed by atoms with E-state index < -0.39 is 30.1 Å². The molecule has 0 radical (unpaired) electrons. The molecular weight excluding hydrogens is 482 g/mol. The van der Waals surface area contributed by atoms with Gasteiger partial charge in [-0.15, -0.1) is 0 Å². The lowest BCUT2D eigenvalue weighted by atomic mass is 10.0. The number of carbonyl (C=O) groups excluding carboxylic acids is 3. The first kappa shape index (κ1) is 25.2. The van der Waals surface area contributed by atoms with Crippen LogP contribution in [-0.2, 0) is 32.1 Å².